The molecule has 2 aromatic rings. The standard InChI is InChI=1S/C18H20N2O4/c1-20-15(8-5-9-16(20)21)18(24)19-14(10-11-17(22)23)12-13-6-3-2-4-7-13/h2-9,14H,10-12H2,1H3,(H,19,24)(H,22,23). The smallest absolute Gasteiger partial charge is 0.303 e. The summed E-state index contributed by atoms with van der Waals surface area (Å²) in [4.78, 5) is 34.9. The molecule has 6 nitrogen and oxygen atoms in total. The number of carbonyl (C=O) groups excluding carboxylic acids is 1. The van der Waals surface area contributed by atoms with Gasteiger partial charge in [-0.3, -0.25) is 14.4 Å². The van der Waals surface area contributed by atoms with E-state index >= 15 is 0 Å². The van der Waals surface area contributed by atoms with Crippen molar-refractivity contribution in [1.29, 1.82) is 0 Å². The van der Waals surface area contributed by atoms with Gasteiger partial charge in [-0.2, -0.15) is 0 Å². The number of carboxylic acids is 1. The Morgan fingerprint density at radius 1 is 1.12 bits per heavy atom. The van der Waals surface area contributed by atoms with Crippen LogP contribution in [0.3, 0.4) is 0 Å². The zero-order valence-electron chi connectivity index (χ0n) is 13.4. The summed E-state index contributed by atoms with van der Waals surface area (Å²) in [7, 11) is 1.53. The number of aromatic nitrogens is 1. The quantitative estimate of drug-likeness (QED) is 0.808. The summed E-state index contributed by atoms with van der Waals surface area (Å²) in [6.07, 6.45) is 0.808. The number of aliphatic carboxylic acids is 1. The van der Waals surface area contributed by atoms with Crippen LogP contribution in [0.25, 0.3) is 0 Å². The molecule has 1 aromatic carbocycles. The fraction of sp³-hybridized carbons (Fsp3) is 0.278. The van der Waals surface area contributed by atoms with Gasteiger partial charge in [-0.1, -0.05) is 36.4 Å². The number of pyridine rings is 1. The van der Waals surface area contributed by atoms with Gasteiger partial charge < -0.3 is 15.0 Å². The van der Waals surface area contributed by atoms with E-state index in [9.17, 15) is 14.4 Å². The molecule has 0 fully saturated rings. The number of benzene rings is 1. The highest BCUT2D eigenvalue weighted by atomic mass is 16.4. The monoisotopic (exact) mass is 328 g/mol. The number of rotatable bonds is 7. The van der Waals surface area contributed by atoms with E-state index in [1.165, 1.54) is 23.7 Å². The van der Waals surface area contributed by atoms with Crippen LogP contribution in [-0.4, -0.2) is 27.6 Å². The fourth-order valence-electron chi connectivity index (χ4n) is 2.47. The van der Waals surface area contributed by atoms with Crippen LogP contribution in [0.5, 0.6) is 0 Å². The second kappa shape index (κ2) is 8.10. The molecule has 0 saturated heterocycles. The van der Waals surface area contributed by atoms with E-state index in [1.807, 2.05) is 30.3 Å². The maximum atomic E-state index is 12.4. The summed E-state index contributed by atoms with van der Waals surface area (Å²) >= 11 is 0. The molecule has 1 unspecified atom stereocenters. The molecule has 0 aliphatic rings. The van der Waals surface area contributed by atoms with Gasteiger partial charge in [-0.05, 0) is 24.5 Å². The SMILES string of the molecule is Cn1c(C(=O)NC(CCC(=O)O)Cc2ccccc2)cccc1=O. The largest absolute Gasteiger partial charge is 0.481 e. The van der Waals surface area contributed by atoms with Crippen LogP contribution >= 0.6 is 0 Å². The summed E-state index contributed by atoms with van der Waals surface area (Å²) in [5, 5.41) is 11.7. The molecule has 1 aromatic heterocycles. The highest BCUT2D eigenvalue weighted by molar-refractivity contribution is 5.92. The van der Waals surface area contributed by atoms with Crippen molar-refractivity contribution in [1.82, 2.24) is 9.88 Å². The molecular formula is C18H20N2O4. The Kier molecular flexibility index (Phi) is 5.89. The molecular weight excluding hydrogens is 308 g/mol. The Balaban J connectivity index is 2.14. The van der Waals surface area contributed by atoms with Crippen molar-refractivity contribution >= 4 is 11.9 Å². The van der Waals surface area contributed by atoms with Crippen molar-refractivity contribution < 1.29 is 14.7 Å². The number of nitrogens with zero attached hydrogens (tertiary/aromatic N) is 1. The van der Waals surface area contributed by atoms with Crippen LogP contribution in [0, 0.1) is 0 Å². The van der Waals surface area contributed by atoms with E-state index < -0.39 is 5.97 Å². The van der Waals surface area contributed by atoms with Gasteiger partial charge in [0.25, 0.3) is 11.5 Å². The molecule has 24 heavy (non-hydrogen) atoms. The molecule has 0 saturated carbocycles. The molecule has 0 spiro atoms. The minimum absolute atomic E-state index is 0.0362. The Morgan fingerprint density at radius 3 is 2.50 bits per heavy atom. The average molecular weight is 328 g/mol. The van der Waals surface area contributed by atoms with Crippen LogP contribution in [-0.2, 0) is 18.3 Å². The second-order valence-electron chi connectivity index (χ2n) is 5.60. The molecule has 0 bridgehead atoms. The lowest BCUT2D eigenvalue weighted by molar-refractivity contribution is -0.137. The van der Waals surface area contributed by atoms with E-state index in [2.05, 4.69) is 5.32 Å². The highest BCUT2D eigenvalue weighted by Crippen LogP contribution is 2.09. The van der Waals surface area contributed by atoms with Gasteiger partial charge in [0.15, 0.2) is 0 Å². The number of carboxylic acid groups (broad SMARTS) is 1. The summed E-state index contributed by atoms with van der Waals surface area (Å²) in [6, 6.07) is 13.7. The van der Waals surface area contributed by atoms with E-state index in [0.717, 1.165) is 5.56 Å². The highest BCUT2D eigenvalue weighted by Gasteiger charge is 2.17. The topological polar surface area (TPSA) is 88.4 Å². The maximum absolute atomic E-state index is 12.4. The van der Waals surface area contributed by atoms with Crippen molar-refractivity contribution in [2.75, 3.05) is 0 Å². The van der Waals surface area contributed by atoms with E-state index in [4.69, 9.17) is 5.11 Å². The first-order valence-electron chi connectivity index (χ1n) is 7.70. The van der Waals surface area contributed by atoms with Crippen LogP contribution < -0.4 is 10.9 Å². The second-order valence-corrected chi connectivity index (χ2v) is 5.60. The van der Waals surface area contributed by atoms with E-state index in [-0.39, 0.29) is 29.6 Å². The Hall–Kier alpha value is -2.89. The van der Waals surface area contributed by atoms with Gasteiger partial charge in [-0.25, -0.2) is 0 Å². The van der Waals surface area contributed by atoms with Crippen molar-refractivity contribution in [2.24, 2.45) is 7.05 Å². The molecule has 1 heterocycles. The molecule has 126 valence electrons. The normalized spacial score (nSPS) is 11.7. The summed E-state index contributed by atoms with van der Waals surface area (Å²) in [5.41, 5.74) is 0.985. The van der Waals surface area contributed by atoms with Gasteiger partial charge in [0.1, 0.15) is 5.69 Å². The first-order chi connectivity index (χ1) is 11.5. The molecule has 0 aliphatic heterocycles. The first-order valence-corrected chi connectivity index (χ1v) is 7.70. The summed E-state index contributed by atoms with van der Waals surface area (Å²) in [6.45, 7) is 0. The number of hydrogen-bond donors (Lipinski definition) is 2. The van der Waals surface area contributed by atoms with Crippen molar-refractivity contribution in [3.05, 3.63) is 70.1 Å². The number of hydrogen-bond acceptors (Lipinski definition) is 3. The molecule has 1 atom stereocenters. The molecule has 2 N–H and O–H groups in total. The molecule has 6 heteroatoms. The van der Waals surface area contributed by atoms with E-state index in [1.54, 1.807) is 6.07 Å². The third-order valence-electron chi connectivity index (χ3n) is 3.78. The van der Waals surface area contributed by atoms with Gasteiger partial charge in [0.05, 0.1) is 0 Å². The van der Waals surface area contributed by atoms with E-state index in [0.29, 0.717) is 12.8 Å². The molecule has 0 aliphatic carbocycles. The third kappa shape index (κ3) is 4.81. The predicted molar refractivity (Wildman–Crippen MR) is 90.0 cm³/mol. The predicted octanol–water partition coefficient (Wildman–Crippen LogP) is 1.59. The van der Waals surface area contributed by atoms with Crippen molar-refractivity contribution in [3.63, 3.8) is 0 Å². The zero-order valence-corrected chi connectivity index (χ0v) is 13.4. The third-order valence-corrected chi connectivity index (χ3v) is 3.78. The lowest BCUT2D eigenvalue weighted by Crippen LogP contribution is -2.39. The minimum Gasteiger partial charge on any atom is -0.481 e. The lowest BCUT2D eigenvalue weighted by Gasteiger charge is -2.19. The number of nitrogens with one attached hydrogen (secondary N) is 1. The number of carbonyl (C=O) groups is 2. The van der Waals surface area contributed by atoms with Crippen molar-refractivity contribution in [3.8, 4) is 0 Å². The molecule has 0 radical (unpaired) electrons. The first kappa shape index (κ1) is 17.5. The Morgan fingerprint density at radius 2 is 1.83 bits per heavy atom. The molecule has 1 amide bonds. The zero-order chi connectivity index (χ0) is 17.5. The van der Waals surface area contributed by atoms with Gasteiger partial charge in [-0.15, -0.1) is 0 Å². The summed E-state index contributed by atoms with van der Waals surface area (Å²) in [5.74, 6) is -1.30. The molecule has 2 rings (SSSR count). The van der Waals surface area contributed by atoms with Crippen LogP contribution in [0.2, 0.25) is 0 Å². The van der Waals surface area contributed by atoms with Crippen LogP contribution in [0.1, 0.15) is 28.9 Å². The van der Waals surface area contributed by atoms with Gasteiger partial charge >= 0.3 is 5.97 Å². The average Bonchev–Trinajstić information content (AvgIpc) is 2.56. The van der Waals surface area contributed by atoms with Gasteiger partial charge in [0.2, 0.25) is 0 Å². The Bertz CT molecular complexity index is 768. The number of amides is 1. The summed E-state index contributed by atoms with van der Waals surface area (Å²) < 4.78 is 1.27. The minimum atomic E-state index is -0.908. The van der Waals surface area contributed by atoms with Crippen LogP contribution in [0.4, 0.5) is 0 Å². The van der Waals surface area contributed by atoms with Gasteiger partial charge in [0, 0.05) is 25.6 Å². The fourth-order valence-corrected chi connectivity index (χ4v) is 2.47. The van der Waals surface area contributed by atoms with Crippen LogP contribution in [0.15, 0.2) is 53.3 Å². The maximum Gasteiger partial charge on any atom is 0.303 e. The lowest BCUT2D eigenvalue weighted by atomic mass is 10.0. The Labute approximate surface area is 139 Å². The van der Waals surface area contributed by atoms with Crippen molar-refractivity contribution in [2.45, 2.75) is 25.3 Å².